The number of benzene rings is 1. The first-order chi connectivity index (χ1) is 9.72. The second-order valence-corrected chi connectivity index (χ2v) is 5.83. The van der Waals surface area contributed by atoms with Crippen LogP contribution in [0.2, 0.25) is 5.02 Å². The molecule has 2 N–H and O–H groups in total. The lowest BCUT2D eigenvalue weighted by Gasteiger charge is -2.20. The van der Waals surface area contributed by atoms with Crippen LogP contribution in [0.3, 0.4) is 0 Å². The zero-order valence-corrected chi connectivity index (χ0v) is 12.0. The fraction of sp³-hybridized carbons (Fsp3) is 0.467. The Hall–Kier alpha value is -1.55. The summed E-state index contributed by atoms with van der Waals surface area (Å²) in [6, 6.07) is 5.53. The maximum absolute atomic E-state index is 12.1. The van der Waals surface area contributed by atoms with Gasteiger partial charge in [0.1, 0.15) is 5.82 Å². The Kier molecular flexibility index (Phi) is 3.92. The van der Waals surface area contributed by atoms with Crippen molar-refractivity contribution in [1.29, 1.82) is 0 Å². The van der Waals surface area contributed by atoms with Crippen molar-refractivity contribution in [1.82, 2.24) is 15.3 Å². The molecule has 0 bridgehead atoms. The van der Waals surface area contributed by atoms with Crippen LogP contribution in [0.5, 0.6) is 0 Å². The number of fused-ring (bicyclic) bond motifs is 1. The molecule has 1 aromatic carbocycles. The van der Waals surface area contributed by atoms with E-state index in [0.717, 1.165) is 29.7 Å². The molecule has 0 atom stereocenters. The molecular formula is C15H18ClN3O. The number of rotatable bonds is 3. The van der Waals surface area contributed by atoms with Crippen LogP contribution < -0.4 is 5.32 Å². The minimum Gasteiger partial charge on any atom is -0.349 e. The first-order valence-electron chi connectivity index (χ1n) is 7.14. The Morgan fingerprint density at radius 1 is 1.35 bits per heavy atom. The number of halogens is 1. The fourth-order valence-corrected chi connectivity index (χ4v) is 2.97. The summed E-state index contributed by atoms with van der Waals surface area (Å²) in [5.41, 5.74) is 1.77. The number of hydrogen-bond donors (Lipinski definition) is 2. The summed E-state index contributed by atoms with van der Waals surface area (Å²) in [7, 11) is 0. The third-order valence-electron chi connectivity index (χ3n) is 3.90. The van der Waals surface area contributed by atoms with Crippen molar-refractivity contribution in [2.75, 3.05) is 0 Å². The molecule has 1 aromatic heterocycles. The van der Waals surface area contributed by atoms with E-state index in [4.69, 9.17) is 11.6 Å². The van der Waals surface area contributed by atoms with E-state index in [9.17, 15) is 4.79 Å². The lowest BCUT2D eigenvalue weighted by atomic mass is 9.89. The Labute approximate surface area is 122 Å². The first-order valence-corrected chi connectivity index (χ1v) is 7.52. The average molecular weight is 292 g/mol. The summed E-state index contributed by atoms with van der Waals surface area (Å²) >= 11 is 5.94. The minimum absolute atomic E-state index is 0.156. The van der Waals surface area contributed by atoms with Crippen molar-refractivity contribution in [3.8, 4) is 0 Å². The van der Waals surface area contributed by atoms with E-state index in [2.05, 4.69) is 15.3 Å². The van der Waals surface area contributed by atoms with Gasteiger partial charge in [-0.15, -0.1) is 0 Å². The second kappa shape index (κ2) is 5.83. The first kappa shape index (κ1) is 13.4. The largest absolute Gasteiger partial charge is 0.349 e. The lowest BCUT2D eigenvalue weighted by molar-refractivity contribution is -0.126. The van der Waals surface area contributed by atoms with Crippen LogP contribution in [0.1, 0.15) is 37.9 Å². The number of H-pyrrole nitrogens is 1. The van der Waals surface area contributed by atoms with E-state index < -0.39 is 0 Å². The maximum Gasteiger partial charge on any atom is 0.223 e. The molecule has 4 nitrogen and oxygen atoms in total. The standard InChI is InChI=1S/C15H18ClN3O/c16-11-6-7-12-13(8-11)19-14(18-12)9-17-15(20)10-4-2-1-3-5-10/h6-8,10H,1-5,9H2,(H,17,20)(H,18,19). The summed E-state index contributed by atoms with van der Waals surface area (Å²) in [6.45, 7) is 0.446. The highest BCUT2D eigenvalue weighted by Gasteiger charge is 2.20. The van der Waals surface area contributed by atoms with Gasteiger partial charge in [0.25, 0.3) is 0 Å². The van der Waals surface area contributed by atoms with Crippen LogP contribution in [0.25, 0.3) is 11.0 Å². The van der Waals surface area contributed by atoms with Crippen LogP contribution in [0.4, 0.5) is 0 Å². The van der Waals surface area contributed by atoms with Gasteiger partial charge in [0.05, 0.1) is 17.6 Å². The fourth-order valence-electron chi connectivity index (χ4n) is 2.80. The van der Waals surface area contributed by atoms with Gasteiger partial charge in [-0.1, -0.05) is 30.9 Å². The molecule has 1 fully saturated rings. The molecular weight excluding hydrogens is 274 g/mol. The Morgan fingerprint density at radius 2 is 2.15 bits per heavy atom. The topological polar surface area (TPSA) is 57.8 Å². The molecule has 2 aromatic rings. The number of imidazole rings is 1. The molecule has 20 heavy (non-hydrogen) atoms. The number of nitrogens with one attached hydrogen (secondary N) is 2. The van der Waals surface area contributed by atoms with Crippen LogP contribution >= 0.6 is 11.6 Å². The predicted octanol–water partition coefficient (Wildman–Crippen LogP) is 3.41. The van der Waals surface area contributed by atoms with Gasteiger partial charge in [0, 0.05) is 10.9 Å². The summed E-state index contributed by atoms with van der Waals surface area (Å²) in [5.74, 6) is 1.11. The Bertz CT molecular complexity index is 617. The Balaban J connectivity index is 1.63. The van der Waals surface area contributed by atoms with E-state index in [-0.39, 0.29) is 11.8 Å². The quantitative estimate of drug-likeness (QED) is 0.910. The van der Waals surface area contributed by atoms with E-state index in [1.807, 2.05) is 18.2 Å². The van der Waals surface area contributed by atoms with Crippen LogP contribution in [-0.2, 0) is 11.3 Å². The molecule has 0 unspecified atom stereocenters. The Morgan fingerprint density at radius 3 is 2.95 bits per heavy atom. The van der Waals surface area contributed by atoms with Gasteiger partial charge in [-0.25, -0.2) is 4.98 Å². The van der Waals surface area contributed by atoms with E-state index >= 15 is 0 Å². The van der Waals surface area contributed by atoms with Crippen LogP contribution in [0.15, 0.2) is 18.2 Å². The van der Waals surface area contributed by atoms with Crippen LogP contribution in [-0.4, -0.2) is 15.9 Å². The molecule has 0 saturated heterocycles. The SMILES string of the molecule is O=C(NCc1nc2ccc(Cl)cc2[nH]1)C1CCCCC1. The van der Waals surface area contributed by atoms with Gasteiger partial charge in [-0.2, -0.15) is 0 Å². The highest BCUT2D eigenvalue weighted by atomic mass is 35.5. The third-order valence-corrected chi connectivity index (χ3v) is 4.13. The highest BCUT2D eigenvalue weighted by Crippen LogP contribution is 2.23. The molecule has 1 aliphatic rings. The molecule has 1 amide bonds. The summed E-state index contributed by atoms with van der Waals surface area (Å²) in [5, 5.41) is 3.66. The molecule has 1 heterocycles. The van der Waals surface area contributed by atoms with Gasteiger partial charge in [0.2, 0.25) is 5.91 Å². The van der Waals surface area contributed by atoms with Crippen molar-refractivity contribution in [2.24, 2.45) is 5.92 Å². The van der Waals surface area contributed by atoms with Crippen molar-refractivity contribution < 1.29 is 4.79 Å². The molecule has 5 heteroatoms. The number of aromatic nitrogens is 2. The van der Waals surface area contributed by atoms with Gasteiger partial charge < -0.3 is 10.3 Å². The lowest BCUT2D eigenvalue weighted by Crippen LogP contribution is -2.31. The zero-order chi connectivity index (χ0) is 13.9. The van der Waals surface area contributed by atoms with E-state index in [1.54, 1.807) is 0 Å². The number of aromatic amines is 1. The minimum atomic E-state index is 0.156. The summed E-state index contributed by atoms with van der Waals surface area (Å²) < 4.78 is 0. The molecule has 3 rings (SSSR count). The number of carbonyl (C=O) groups is 1. The van der Waals surface area contributed by atoms with Gasteiger partial charge in [-0.05, 0) is 31.0 Å². The number of amides is 1. The van der Waals surface area contributed by atoms with Crippen molar-refractivity contribution in [3.05, 3.63) is 29.0 Å². The van der Waals surface area contributed by atoms with Gasteiger partial charge in [0.15, 0.2) is 0 Å². The normalized spacial score (nSPS) is 16.4. The number of carbonyl (C=O) groups excluding carboxylic acids is 1. The molecule has 0 spiro atoms. The van der Waals surface area contributed by atoms with E-state index in [0.29, 0.717) is 11.6 Å². The zero-order valence-electron chi connectivity index (χ0n) is 11.3. The highest BCUT2D eigenvalue weighted by molar-refractivity contribution is 6.31. The second-order valence-electron chi connectivity index (χ2n) is 5.40. The summed E-state index contributed by atoms with van der Waals surface area (Å²) in [4.78, 5) is 19.7. The number of nitrogens with zero attached hydrogens (tertiary/aromatic N) is 1. The predicted molar refractivity (Wildman–Crippen MR) is 79.5 cm³/mol. The molecule has 1 aliphatic carbocycles. The smallest absolute Gasteiger partial charge is 0.223 e. The maximum atomic E-state index is 12.1. The van der Waals surface area contributed by atoms with Gasteiger partial charge >= 0.3 is 0 Å². The van der Waals surface area contributed by atoms with Crippen LogP contribution in [0, 0.1) is 5.92 Å². The molecule has 106 valence electrons. The molecule has 0 radical (unpaired) electrons. The van der Waals surface area contributed by atoms with Gasteiger partial charge in [-0.3, -0.25) is 4.79 Å². The summed E-state index contributed by atoms with van der Waals surface area (Å²) in [6.07, 6.45) is 5.62. The van der Waals surface area contributed by atoms with Crippen molar-refractivity contribution in [2.45, 2.75) is 38.6 Å². The molecule has 1 saturated carbocycles. The number of hydrogen-bond acceptors (Lipinski definition) is 2. The third kappa shape index (κ3) is 2.96. The average Bonchev–Trinajstić information content (AvgIpc) is 2.87. The van der Waals surface area contributed by atoms with E-state index in [1.165, 1.54) is 19.3 Å². The molecule has 0 aliphatic heterocycles. The van der Waals surface area contributed by atoms with Crippen molar-refractivity contribution in [3.63, 3.8) is 0 Å². The monoisotopic (exact) mass is 291 g/mol. The van der Waals surface area contributed by atoms with Crippen molar-refractivity contribution >= 4 is 28.5 Å².